The summed E-state index contributed by atoms with van der Waals surface area (Å²) in [6.07, 6.45) is 0.790. The molecule has 0 fully saturated rings. The molecule has 6 nitrogen and oxygen atoms in total. The summed E-state index contributed by atoms with van der Waals surface area (Å²) in [5, 5.41) is 0. The normalized spacial score (nSPS) is 12.4. The van der Waals surface area contributed by atoms with E-state index in [1.54, 1.807) is 12.1 Å². The van der Waals surface area contributed by atoms with Gasteiger partial charge in [0.1, 0.15) is 18.1 Å². The van der Waals surface area contributed by atoms with Crippen LogP contribution in [0.25, 0.3) is 11.1 Å². The van der Waals surface area contributed by atoms with Crippen LogP contribution in [0.2, 0.25) is 0 Å². The van der Waals surface area contributed by atoms with Gasteiger partial charge in [0, 0.05) is 11.0 Å². The number of hydrogen-bond donors (Lipinski definition) is 2. The van der Waals surface area contributed by atoms with Crippen molar-refractivity contribution in [3.63, 3.8) is 0 Å². The van der Waals surface area contributed by atoms with E-state index in [2.05, 4.69) is 39.9 Å². The standard InChI is InChI=1S/C26H29BrNO5P/c1-4-25(19-5-11-22(27)12-6-19)26(21-9-15-24(16-10-21)33-34(29,30)31)20-7-13-23(14-8-20)32-18-17-28(2)3/h5-16H,4,17-18H2,1-3H3,(H2,29,30,31). The van der Waals surface area contributed by atoms with Gasteiger partial charge in [0.05, 0.1) is 0 Å². The fourth-order valence-corrected chi connectivity index (χ4v) is 4.24. The van der Waals surface area contributed by atoms with Gasteiger partial charge in [-0.15, -0.1) is 0 Å². The molecule has 0 aliphatic heterocycles. The Kier molecular flexibility index (Phi) is 9.11. The molecule has 0 bridgehead atoms. The molecule has 0 unspecified atom stereocenters. The number of ether oxygens (including phenoxy) is 1. The highest BCUT2D eigenvalue weighted by Gasteiger charge is 2.17. The number of nitrogens with zero attached hydrogens (tertiary/aromatic N) is 1. The summed E-state index contributed by atoms with van der Waals surface area (Å²) >= 11 is 3.50. The van der Waals surface area contributed by atoms with E-state index in [-0.39, 0.29) is 5.75 Å². The van der Waals surface area contributed by atoms with E-state index in [0.717, 1.165) is 51.0 Å². The van der Waals surface area contributed by atoms with Crippen LogP contribution in [-0.2, 0) is 4.57 Å². The first-order valence-electron chi connectivity index (χ1n) is 10.9. The molecule has 0 saturated carbocycles. The lowest BCUT2D eigenvalue weighted by Crippen LogP contribution is -2.19. The Bertz CT molecular complexity index is 1150. The van der Waals surface area contributed by atoms with Gasteiger partial charge in [-0.3, -0.25) is 9.79 Å². The smallest absolute Gasteiger partial charge is 0.492 e. The molecule has 180 valence electrons. The van der Waals surface area contributed by atoms with Crippen molar-refractivity contribution in [2.45, 2.75) is 13.3 Å². The van der Waals surface area contributed by atoms with E-state index in [4.69, 9.17) is 19.0 Å². The van der Waals surface area contributed by atoms with Crippen LogP contribution in [0.5, 0.6) is 11.5 Å². The zero-order valence-electron chi connectivity index (χ0n) is 19.4. The van der Waals surface area contributed by atoms with Crippen molar-refractivity contribution in [1.82, 2.24) is 4.90 Å². The summed E-state index contributed by atoms with van der Waals surface area (Å²) in [5.74, 6) is 0.916. The second kappa shape index (κ2) is 11.8. The van der Waals surface area contributed by atoms with E-state index < -0.39 is 7.82 Å². The van der Waals surface area contributed by atoms with Crippen molar-refractivity contribution in [2.24, 2.45) is 0 Å². The van der Waals surface area contributed by atoms with E-state index in [1.807, 2.05) is 62.6 Å². The number of phosphoric ester groups is 1. The topological polar surface area (TPSA) is 79.2 Å². The van der Waals surface area contributed by atoms with Crippen LogP contribution in [0.3, 0.4) is 0 Å². The molecule has 0 aromatic heterocycles. The van der Waals surface area contributed by atoms with Crippen LogP contribution in [0.15, 0.2) is 77.3 Å². The largest absolute Gasteiger partial charge is 0.524 e. The van der Waals surface area contributed by atoms with Crippen LogP contribution in [0.4, 0.5) is 0 Å². The Hall–Kier alpha value is -2.41. The fourth-order valence-electron chi connectivity index (χ4n) is 3.58. The first-order valence-corrected chi connectivity index (χ1v) is 13.2. The van der Waals surface area contributed by atoms with E-state index in [0.29, 0.717) is 6.61 Å². The second-order valence-electron chi connectivity index (χ2n) is 8.00. The predicted molar refractivity (Wildman–Crippen MR) is 140 cm³/mol. The molecule has 0 amide bonds. The molecular formula is C26H29BrNO5P. The van der Waals surface area contributed by atoms with Gasteiger partial charge in [-0.1, -0.05) is 59.3 Å². The molecule has 0 spiro atoms. The van der Waals surface area contributed by atoms with E-state index >= 15 is 0 Å². The maximum atomic E-state index is 11.2. The zero-order valence-corrected chi connectivity index (χ0v) is 21.9. The van der Waals surface area contributed by atoms with Gasteiger partial charge in [-0.25, -0.2) is 4.57 Å². The molecule has 3 rings (SSSR count). The third kappa shape index (κ3) is 7.55. The Morgan fingerprint density at radius 1 is 0.853 bits per heavy atom. The molecule has 0 aliphatic carbocycles. The van der Waals surface area contributed by atoms with Crippen molar-refractivity contribution >= 4 is 34.9 Å². The maximum absolute atomic E-state index is 11.2. The van der Waals surface area contributed by atoms with Crippen LogP contribution in [-0.4, -0.2) is 41.9 Å². The third-order valence-corrected chi connectivity index (χ3v) is 6.14. The summed E-state index contributed by atoms with van der Waals surface area (Å²) in [5.41, 5.74) is 5.22. The molecule has 0 atom stereocenters. The van der Waals surface area contributed by atoms with Gasteiger partial charge in [0.25, 0.3) is 0 Å². The minimum Gasteiger partial charge on any atom is -0.492 e. The molecule has 0 radical (unpaired) electrons. The summed E-state index contributed by atoms with van der Waals surface area (Å²) < 4.78 is 22.8. The van der Waals surface area contributed by atoms with Crippen molar-refractivity contribution in [2.75, 3.05) is 27.2 Å². The quantitative estimate of drug-likeness (QED) is 0.232. The monoisotopic (exact) mass is 545 g/mol. The van der Waals surface area contributed by atoms with Gasteiger partial charge >= 0.3 is 7.82 Å². The van der Waals surface area contributed by atoms with Gasteiger partial charge in [0.15, 0.2) is 0 Å². The Balaban J connectivity index is 2.04. The number of hydrogen-bond acceptors (Lipinski definition) is 4. The number of allylic oxidation sites excluding steroid dienone is 1. The summed E-state index contributed by atoms with van der Waals surface area (Å²) in [6, 6.07) is 23.0. The maximum Gasteiger partial charge on any atom is 0.524 e. The van der Waals surface area contributed by atoms with E-state index in [1.165, 1.54) is 0 Å². The highest BCUT2D eigenvalue weighted by Crippen LogP contribution is 2.39. The Morgan fingerprint density at radius 2 is 1.35 bits per heavy atom. The highest BCUT2D eigenvalue weighted by atomic mass is 79.9. The van der Waals surface area contributed by atoms with Crippen molar-refractivity contribution < 1.29 is 23.6 Å². The fraction of sp³-hybridized carbons (Fsp3) is 0.231. The van der Waals surface area contributed by atoms with E-state index in [9.17, 15) is 4.57 Å². The Morgan fingerprint density at radius 3 is 1.82 bits per heavy atom. The SMILES string of the molecule is CCC(=C(c1ccc(OCCN(C)C)cc1)c1ccc(OP(=O)(O)O)cc1)c1ccc(Br)cc1. The molecule has 0 aliphatic rings. The lowest BCUT2D eigenvalue weighted by molar-refractivity contribution is 0.261. The molecule has 3 aromatic rings. The van der Waals surface area contributed by atoms with Gasteiger partial charge < -0.3 is 14.2 Å². The molecular weight excluding hydrogens is 517 g/mol. The van der Waals surface area contributed by atoms with Gasteiger partial charge in [-0.2, -0.15) is 0 Å². The molecule has 0 heterocycles. The summed E-state index contributed by atoms with van der Waals surface area (Å²) in [6.45, 7) is 3.55. The number of phosphoric acid groups is 1. The first-order chi connectivity index (χ1) is 16.2. The van der Waals surface area contributed by atoms with Crippen LogP contribution >= 0.6 is 23.8 Å². The predicted octanol–water partition coefficient (Wildman–Crippen LogP) is 6.23. The van der Waals surface area contributed by atoms with Gasteiger partial charge in [-0.05, 0) is 84.8 Å². The van der Waals surface area contributed by atoms with Crippen LogP contribution < -0.4 is 9.26 Å². The number of halogens is 1. The zero-order chi connectivity index (χ0) is 24.7. The minimum atomic E-state index is -4.62. The van der Waals surface area contributed by atoms with Crippen LogP contribution in [0, 0.1) is 0 Å². The number of benzene rings is 3. The lowest BCUT2D eigenvalue weighted by Gasteiger charge is -2.18. The molecule has 0 saturated heterocycles. The number of rotatable bonds is 10. The average molecular weight is 546 g/mol. The lowest BCUT2D eigenvalue weighted by atomic mass is 9.88. The minimum absolute atomic E-state index is 0.114. The summed E-state index contributed by atoms with van der Waals surface area (Å²) in [7, 11) is -0.600. The average Bonchev–Trinajstić information content (AvgIpc) is 2.78. The molecule has 2 N–H and O–H groups in total. The third-order valence-electron chi connectivity index (χ3n) is 5.17. The van der Waals surface area contributed by atoms with Crippen molar-refractivity contribution in [1.29, 1.82) is 0 Å². The molecule has 34 heavy (non-hydrogen) atoms. The van der Waals surface area contributed by atoms with Crippen molar-refractivity contribution in [3.8, 4) is 11.5 Å². The van der Waals surface area contributed by atoms with Crippen molar-refractivity contribution in [3.05, 3.63) is 94.0 Å². The summed E-state index contributed by atoms with van der Waals surface area (Å²) in [4.78, 5) is 20.3. The van der Waals surface area contributed by atoms with Gasteiger partial charge in [0.2, 0.25) is 0 Å². The Labute approximate surface area is 209 Å². The van der Waals surface area contributed by atoms with Crippen LogP contribution in [0.1, 0.15) is 30.0 Å². The number of likely N-dealkylation sites (N-methyl/N-ethyl adjacent to an activating group) is 1. The molecule has 3 aromatic carbocycles. The highest BCUT2D eigenvalue weighted by molar-refractivity contribution is 9.10. The molecule has 8 heteroatoms. The second-order valence-corrected chi connectivity index (χ2v) is 10.1. The first kappa shape index (κ1) is 26.2.